The number of likely N-dealkylation sites (N-methyl/N-ethyl adjacent to an activating group) is 1. The van der Waals surface area contributed by atoms with Crippen LogP contribution in [-0.4, -0.2) is 53.6 Å². The molecule has 0 aromatic heterocycles. The van der Waals surface area contributed by atoms with Crippen molar-refractivity contribution in [2.45, 2.75) is 51.7 Å². The Kier molecular flexibility index (Phi) is 6.80. The molecule has 1 heterocycles. The lowest BCUT2D eigenvalue weighted by atomic mass is 10.0. The van der Waals surface area contributed by atoms with E-state index in [0.717, 1.165) is 18.4 Å². The van der Waals surface area contributed by atoms with E-state index < -0.39 is 5.60 Å². The number of rotatable bonds is 3. The van der Waals surface area contributed by atoms with Crippen LogP contribution in [0.1, 0.15) is 39.2 Å². The number of benzene rings is 1. The number of piperidine rings is 1. The Morgan fingerprint density at radius 1 is 1.19 bits per heavy atom. The lowest BCUT2D eigenvalue weighted by Gasteiger charge is -2.37. The zero-order chi connectivity index (χ0) is 19.5. The normalized spacial score (nSPS) is 15.7. The fourth-order valence-electron chi connectivity index (χ4n) is 2.91. The van der Waals surface area contributed by atoms with Gasteiger partial charge in [0.05, 0.1) is 16.5 Å². The topological polar surface area (TPSA) is 49.9 Å². The average molecular weight is 401 g/mol. The average Bonchev–Trinajstić information content (AvgIpc) is 2.56. The van der Waals surface area contributed by atoms with Gasteiger partial charge in [0.1, 0.15) is 5.60 Å². The first-order chi connectivity index (χ1) is 12.1. The third-order valence-corrected chi connectivity index (χ3v) is 5.14. The van der Waals surface area contributed by atoms with E-state index in [1.807, 2.05) is 33.9 Å². The van der Waals surface area contributed by atoms with Crippen molar-refractivity contribution in [3.63, 3.8) is 0 Å². The summed E-state index contributed by atoms with van der Waals surface area (Å²) in [6.45, 7) is 6.74. The highest BCUT2D eigenvalue weighted by Crippen LogP contribution is 2.24. The van der Waals surface area contributed by atoms with Crippen LogP contribution in [-0.2, 0) is 16.0 Å². The number of ether oxygens (including phenoxy) is 1. The number of nitrogens with zero attached hydrogens (tertiary/aromatic N) is 2. The van der Waals surface area contributed by atoms with Gasteiger partial charge in [-0.1, -0.05) is 29.3 Å². The van der Waals surface area contributed by atoms with Gasteiger partial charge in [0.25, 0.3) is 0 Å². The van der Waals surface area contributed by atoms with E-state index in [1.54, 1.807) is 21.9 Å². The molecule has 0 bridgehead atoms. The summed E-state index contributed by atoms with van der Waals surface area (Å²) in [6, 6.07) is 5.35. The molecule has 0 aliphatic carbocycles. The van der Waals surface area contributed by atoms with Crippen molar-refractivity contribution in [1.29, 1.82) is 0 Å². The predicted octanol–water partition coefficient (Wildman–Crippen LogP) is 4.39. The van der Waals surface area contributed by atoms with E-state index in [9.17, 15) is 9.59 Å². The zero-order valence-corrected chi connectivity index (χ0v) is 17.2. The molecule has 1 aromatic carbocycles. The molecule has 0 saturated carbocycles. The van der Waals surface area contributed by atoms with Gasteiger partial charge in [-0.05, 0) is 51.3 Å². The molecule has 1 aliphatic rings. The minimum absolute atomic E-state index is 0.0270. The fourth-order valence-corrected chi connectivity index (χ4v) is 3.24. The smallest absolute Gasteiger partial charge is 0.410 e. The minimum Gasteiger partial charge on any atom is -0.444 e. The number of likely N-dealkylation sites (tertiary alicyclic amines) is 1. The molecule has 0 N–H and O–H groups in total. The third-order valence-electron chi connectivity index (χ3n) is 4.40. The van der Waals surface area contributed by atoms with Gasteiger partial charge in [-0.25, -0.2) is 4.79 Å². The Morgan fingerprint density at radius 3 is 2.35 bits per heavy atom. The standard InChI is InChI=1S/C19H26Cl2N2O3/c1-19(2,3)26-18(25)23-9-7-14(8-10-23)22(4)17(24)12-13-5-6-15(20)16(21)11-13/h5-6,11,14H,7-10,12H2,1-4H3. The first-order valence-corrected chi connectivity index (χ1v) is 9.50. The summed E-state index contributed by atoms with van der Waals surface area (Å²) in [7, 11) is 1.81. The highest BCUT2D eigenvalue weighted by molar-refractivity contribution is 6.42. The Labute approximate surface area is 165 Å². The molecule has 2 amide bonds. The first-order valence-electron chi connectivity index (χ1n) is 8.74. The Bertz CT molecular complexity index is 665. The van der Waals surface area contributed by atoms with Crippen molar-refractivity contribution in [2.75, 3.05) is 20.1 Å². The Balaban J connectivity index is 1.87. The second-order valence-corrected chi connectivity index (χ2v) is 8.44. The summed E-state index contributed by atoms with van der Waals surface area (Å²) < 4.78 is 5.40. The number of halogens is 2. The number of hydrogen-bond acceptors (Lipinski definition) is 3. The maximum atomic E-state index is 12.6. The van der Waals surface area contributed by atoms with E-state index in [0.29, 0.717) is 23.1 Å². The second-order valence-electron chi connectivity index (χ2n) is 7.63. The van der Waals surface area contributed by atoms with E-state index in [2.05, 4.69) is 0 Å². The SMILES string of the molecule is CN(C(=O)Cc1ccc(Cl)c(Cl)c1)C1CCN(C(=O)OC(C)(C)C)CC1. The van der Waals surface area contributed by atoms with Crippen molar-refractivity contribution >= 4 is 35.2 Å². The summed E-state index contributed by atoms with van der Waals surface area (Å²) >= 11 is 11.9. The van der Waals surface area contributed by atoms with Gasteiger partial charge in [0.2, 0.25) is 5.91 Å². The highest BCUT2D eigenvalue weighted by atomic mass is 35.5. The summed E-state index contributed by atoms with van der Waals surface area (Å²) in [5, 5.41) is 0.927. The molecule has 2 rings (SSSR count). The van der Waals surface area contributed by atoms with Crippen LogP contribution in [0.5, 0.6) is 0 Å². The second kappa shape index (κ2) is 8.49. The van der Waals surface area contributed by atoms with Crippen LogP contribution < -0.4 is 0 Å². The summed E-state index contributed by atoms with van der Waals surface area (Å²) in [5.41, 5.74) is 0.336. The molecule has 0 radical (unpaired) electrons. The number of carbonyl (C=O) groups excluding carboxylic acids is 2. The van der Waals surface area contributed by atoms with Crippen LogP contribution >= 0.6 is 23.2 Å². The number of carbonyl (C=O) groups is 2. The Hall–Kier alpha value is -1.46. The maximum absolute atomic E-state index is 12.6. The van der Waals surface area contributed by atoms with Crippen molar-refractivity contribution < 1.29 is 14.3 Å². The van der Waals surface area contributed by atoms with Crippen LogP contribution in [0.4, 0.5) is 4.79 Å². The number of hydrogen-bond donors (Lipinski definition) is 0. The monoisotopic (exact) mass is 400 g/mol. The molecule has 1 fully saturated rings. The van der Waals surface area contributed by atoms with Crippen LogP contribution in [0, 0.1) is 0 Å². The highest BCUT2D eigenvalue weighted by Gasteiger charge is 2.29. The van der Waals surface area contributed by atoms with Crippen molar-refractivity contribution in [2.24, 2.45) is 0 Å². The molecular weight excluding hydrogens is 375 g/mol. The van der Waals surface area contributed by atoms with Crippen LogP contribution in [0.2, 0.25) is 10.0 Å². The summed E-state index contributed by atoms with van der Waals surface area (Å²) in [6.07, 6.45) is 1.46. The molecule has 7 heteroatoms. The van der Waals surface area contributed by atoms with Gasteiger partial charge in [-0.2, -0.15) is 0 Å². The molecule has 144 valence electrons. The molecule has 5 nitrogen and oxygen atoms in total. The summed E-state index contributed by atoms with van der Waals surface area (Å²) in [5.74, 6) is 0.0270. The Morgan fingerprint density at radius 2 is 1.81 bits per heavy atom. The molecule has 26 heavy (non-hydrogen) atoms. The molecule has 1 aliphatic heterocycles. The van der Waals surface area contributed by atoms with E-state index in [-0.39, 0.29) is 24.5 Å². The van der Waals surface area contributed by atoms with Crippen molar-refractivity contribution in [3.8, 4) is 0 Å². The minimum atomic E-state index is -0.499. The lowest BCUT2D eigenvalue weighted by molar-refractivity contribution is -0.132. The first kappa shape index (κ1) is 20.8. The predicted molar refractivity (Wildman–Crippen MR) is 104 cm³/mol. The molecule has 0 spiro atoms. The molecular formula is C19H26Cl2N2O3. The van der Waals surface area contributed by atoms with Crippen LogP contribution in [0.15, 0.2) is 18.2 Å². The molecule has 1 aromatic rings. The lowest BCUT2D eigenvalue weighted by Crippen LogP contribution is -2.48. The van der Waals surface area contributed by atoms with Gasteiger partial charge >= 0.3 is 6.09 Å². The van der Waals surface area contributed by atoms with E-state index in [1.165, 1.54) is 0 Å². The zero-order valence-electron chi connectivity index (χ0n) is 15.7. The van der Waals surface area contributed by atoms with Crippen LogP contribution in [0.25, 0.3) is 0 Å². The van der Waals surface area contributed by atoms with Crippen molar-refractivity contribution in [1.82, 2.24) is 9.80 Å². The van der Waals surface area contributed by atoms with Gasteiger partial charge in [0.15, 0.2) is 0 Å². The van der Waals surface area contributed by atoms with Crippen LogP contribution in [0.3, 0.4) is 0 Å². The number of amides is 2. The quantitative estimate of drug-likeness (QED) is 0.755. The molecule has 0 atom stereocenters. The third kappa shape index (κ3) is 5.78. The maximum Gasteiger partial charge on any atom is 0.410 e. The van der Waals surface area contributed by atoms with Gasteiger partial charge < -0.3 is 14.5 Å². The fraction of sp³-hybridized carbons (Fsp3) is 0.579. The van der Waals surface area contributed by atoms with Gasteiger partial charge in [-0.15, -0.1) is 0 Å². The van der Waals surface area contributed by atoms with Gasteiger partial charge in [0, 0.05) is 26.2 Å². The van der Waals surface area contributed by atoms with E-state index in [4.69, 9.17) is 27.9 Å². The molecule has 0 unspecified atom stereocenters. The van der Waals surface area contributed by atoms with Gasteiger partial charge in [-0.3, -0.25) is 4.79 Å². The largest absolute Gasteiger partial charge is 0.444 e. The van der Waals surface area contributed by atoms with E-state index >= 15 is 0 Å². The summed E-state index contributed by atoms with van der Waals surface area (Å²) in [4.78, 5) is 28.2. The van der Waals surface area contributed by atoms with Crippen molar-refractivity contribution in [3.05, 3.63) is 33.8 Å². The molecule has 1 saturated heterocycles.